The Morgan fingerprint density at radius 2 is 1.40 bits per heavy atom. The first kappa shape index (κ1) is 35.9. The maximum atomic E-state index is 13.7. The van der Waals surface area contributed by atoms with E-state index in [4.69, 9.17) is 4.74 Å². The highest BCUT2D eigenvalue weighted by atomic mass is 19.4. The Labute approximate surface area is 271 Å². The number of ether oxygens (including phenoxy) is 1. The van der Waals surface area contributed by atoms with E-state index in [9.17, 15) is 45.8 Å². The average Bonchev–Trinajstić information content (AvgIpc) is 3.02. The van der Waals surface area contributed by atoms with Crippen molar-refractivity contribution in [3.63, 3.8) is 0 Å². The van der Waals surface area contributed by atoms with Crippen LogP contribution in [0.3, 0.4) is 0 Å². The van der Waals surface area contributed by atoms with Gasteiger partial charge < -0.3 is 35.6 Å². The number of anilines is 3. The lowest BCUT2D eigenvalue weighted by atomic mass is 9.99. The fourth-order valence-electron chi connectivity index (χ4n) is 4.87. The number of nitrogens with one attached hydrogen (secondary N) is 3. The topological polar surface area (TPSA) is 123 Å². The van der Waals surface area contributed by atoms with Crippen molar-refractivity contribution in [2.24, 2.45) is 5.92 Å². The van der Waals surface area contributed by atoms with Gasteiger partial charge in [-0.3, -0.25) is 4.79 Å². The molecule has 0 bridgehead atoms. The number of carbonyl (C=O) groups is 3. The third-order valence-corrected chi connectivity index (χ3v) is 7.66. The Kier molecular flexibility index (Phi) is 10.8. The monoisotopic (exact) mass is 681 g/mol. The van der Waals surface area contributed by atoms with E-state index in [0.29, 0.717) is 0 Å². The maximum absolute atomic E-state index is 13.7. The Morgan fingerprint density at radius 1 is 0.896 bits per heavy atom. The van der Waals surface area contributed by atoms with Crippen LogP contribution in [-0.4, -0.2) is 71.8 Å². The van der Waals surface area contributed by atoms with Crippen molar-refractivity contribution < 1.29 is 50.6 Å². The van der Waals surface area contributed by atoms with Gasteiger partial charge in [0.05, 0.1) is 35.9 Å². The van der Waals surface area contributed by atoms with E-state index < -0.39 is 53.6 Å². The summed E-state index contributed by atoms with van der Waals surface area (Å²) in [5, 5.41) is 17.4. The number of hydrogen-bond acceptors (Lipinski definition) is 5. The number of fused-ring (bicyclic) bond motifs is 1. The third-order valence-electron chi connectivity index (χ3n) is 7.66. The first-order chi connectivity index (χ1) is 22.5. The second-order valence-electron chi connectivity index (χ2n) is 11.4. The molecule has 10 nitrogen and oxygen atoms in total. The molecular weight excluding hydrogens is 648 g/mol. The zero-order valence-corrected chi connectivity index (χ0v) is 25.9. The van der Waals surface area contributed by atoms with Gasteiger partial charge in [0, 0.05) is 36.6 Å². The molecule has 0 fully saturated rings. The number of halogens is 6. The van der Waals surface area contributed by atoms with E-state index in [1.165, 1.54) is 35.0 Å². The quantitative estimate of drug-likeness (QED) is 0.206. The SMILES string of the molecule is C[C@H]1CN([C@@H](C)CO)C(=O)c2cc(NC(=O)Nc3ccc(C(F)(F)F)cc3)ccc2O[C@H]1CN(C)C(=O)Nc1ccc(C(F)(F)F)cc1. The van der Waals surface area contributed by atoms with Crippen LogP contribution in [-0.2, 0) is 12.4 Å². The predicted octanol–water partition coefficient (Wildman–Crippen LogP) is 6.75. The van der Waals surface area contributed by atoms with Gasteiger partial charge in [-0.1, -0.05) is 6.92 Å². The van der Waals surface area contributed by atoms with Crippen molar-refractivity contribution in [2.45, 2.75) is 38.3 Å². The van der Waals surface area contributed by atoms with Crippen molar-refractivity contribution in [2.75, 3.05) is 42.7 Å². The van der Waals surface area contributed by atoms with Gasteiger partial charge >= 0.3 is 24.4 Å². The molecule has 16 heteroatoms. The van der Waals surface area contributed by atoms with E-state index in [1.807, 2.05) is 0 Å². The second-order valence-corrected chi connectivity index (χ2v) is 11.4. The molecule has 0 aromatic heterocycles. The largest absolute Gasteiger partial charge is 0.487 e. The minimum Gasteiger partial charge on any atom is -0.487 e. The molecule has 1 heterocycles. The minimum absolute atomic E-state index is 0.00184. The fraction of sp³-hybridized carbons (Fsp3) is 0.344. The van der Waals surface area contributed by atoms with Gasteiger partial charge in [0.1, 0.15) is 11.9 Å². The number of nitrogens with zero attached hydrogens (tertiary/aromatic N) is 2. The van der Waals surface area contributed by atoms with Crippen molar-refractivity contribution in [1.82, 2.24) is 9.80 Å². The zero-order chi connectivity index (χ0) is 35.4. The smallest absolute Gasteiger partial charge is 0.416 e. The predicted molar refractivity (Wildman–Crippen MR) is 165 cm³/mol. The van der Waals surface area contributed by atoms with E-state index in [2.05, 4.69) is 16.0 Å². The van der Waals surface area contributed by atoms with Gasteiger partial charge in [0.25, 0.3) is 5.91 Å². The highest BCUT2D eigenvalue weighted by Gasteiger charge is 2.35. The number of carbonyl (C=O) groups excluding carboxylic acids is 3. The molecule has 258 valence electrons. The summed E-state index contributed by atoms with van der Waals surface area (Å²) in [6.45, 7) is 3.19. The molecule has 0 radical (unpaired) electrons. The van der Waals surface area contributed by atoms with E-state index in [1.54, 1.807) is 13.8 Å². The van der Waals surface area contributed by atoms with E-state index in [-0.39, 0.29) is 54.0 Å². The third kappa shape index (κ3) is 8.87. The summed E-state index contributed by atoms with van der Waals surface area (Å²) in [5.74, 6) is -0.751. The summed E-state index contributed by atoms with van der Waals surface area (Å²) in [7, 11) is 1.47. The van der Waals surface area contributed by atoms with Crippen molar-refractivity contribution >= 4 is 35.0 Å². The second kappa shape index (κ2) is 14.4. The van der Waals surface area contributed by atoms with Crippen LogP contribution in [0.5, 0.6) is 5.75 Å². The number of aliphatic hydroxyl groups is 1. The summed E-state index contributed by atoms with van der Waals surface area (Å²) in [5.41, 5.74) is -1.31. The molecule has 1 aliphatic heterocycles. The average molecular weight is 682 g/mol. The summed E-state index contributed by atoms with van der Waals surface area (Å²) >= 11 is 0. The molecule has 3 aromatic carbocycles. The fourth-order valence-corrected chi connectivity index (χ4v) is 4.87. The normalized spacial score (nSPS) is 17.3. The van der Waals surface area contributed by atoms with Gasteiger partial charge in [-0.2, -0.15) is 26.3 Å². The van der Waals surface area contributed by atoms with Crippen LogP contribution < -0.4 is 20.7 Å². The molecule has 4 N–H and O–H groups in total. The molecule has 1 aliphatic rings. The van der Waals surface area contributed by atoms with E-state index >= 15 is 0 Å². The molecule has 4 rings (SSSR count). The lowest BCUT2D eigenvalue weighted by molar-refractivity contribution is -0.138. The van der Waals surface area contributed by atoms with Crippen molar-refractivity contribution in [1.29, 1.82) is 0 Å². The standard InChI is InChI=1S/C32H33F6N5O5/c1-18-15-43(19(2)17-44)28(45)25-14-24(40-29(46)39-22-8-4-20(5-9-22)31(33,34)35)12-13-26(25)48-27(18)16-42(3)30(47)41-23-10-6-21(7-11-23)32(36,37)38/h4-14,18-19,27,44H,15-17H2,1-3H3,(H,41,47)(H2,39,40,46)/t18-,19-,27-/m0/s1. The van der Waals surface area contributed by atoms with Crippen LogP contribution in [0.25, 0.3) is 0 Å². The highest BCUT2D eigenvalue weighted by molar-refractivity contribution is 6.02. The Hall–Kier alpha value is -4.99. The number of likely N-dealkylation sites (N-methyl/N-ethyl adjacent to an activating group) is 1. The number of amides is 5. The van der Waals surface area contributed by atoms with Crippen LogP contribution in [0.1, 0.15) is 35.3 Å². The number of alkyl halides is 6. The van der Waals surface area contributed by atoms with Crippen LogP contribution in [0, 0.1) is 5.92 Å². The molecule has 0 saturated carbocycles. The summed E-state index contributed by atoms with van der Waals surface area (Å²) in [6, 6.07) is 10.0. The first-order valence-electron chi connectivity index (χ1n) is 14.6. The van der Waals surface area contributed by atoms with Crippen LogP contribution >= 0.6 is 0 Å². The first-order valence-corrected chi connectivity index (χ1v) is 14.6. The van der Waals surface area contributed by atoms with Crippen molar-refractivity contribution in [3.05, 3.63) is 83.4 Å². The lowest BCUT2D eigenvalue weighted by Gasteiger charge is -2.38. The highest BCUT2D eigenvalue weighted by Crippen LogP contribution is 2.33. The minimum atomic E-state index is -4.54. The number of benzene rings is 3. The summed E-state index contributed by atoms with van der Waals surface area (Å²) in [6.07, 6.45) is -9.76. The molecule has 3 atom stereocenters. The maximum Gasteiger partial charge on any atom is 0.416 e. The Balaban J connectivity index is 1.51. The number of aliphatic hydroxyl groups excluding tert-OH is 1. The van der Waals surface area contributed by atoms with Crippen LogP contribution in [0.15, 0.2) is 66.7 Å². The van der Waals surface area contributed by atoms with Crippen molar-refractivity contribution in [3.8, 4) is 5.75 Å². The van der Waals surface area contributed by atoms with Gasteiger partial charge in [-0.15, -0.1) is 0 Å². The number of hydrogen-bond donors (Lipinski definition) is 4. The molecule has 0 unspecified atom stereocenters. The Morgan fingerprint density at radius 3 is 1.92 bits per heavy atom. The molecule has 0 spiro atoms. The lowest BCUT2D eigenvalue weighted by Crippen LogP contribution is -2.50. The molecule has 5 amide bonds. The molecule has 3 aromatic rings. The summed E-state index contributed by atoms with van der Waals surface area (Å²) in [4.78, 5) is 41.9. The zero-order valence-electron chi connectivity index (χ0n) is 25.9. The van der Waals surface area contributed by atoms with Crippen LogP contribution in [0.2, 0.25) is 0 Å². The summed E-state index contributed by atoms with van der Waals surface area (Å²) < 4.78 is 83.5. The number of urea groups is 2. The molecule has 0 aliphatic carbocycles. The molecular formula is C32H33F6N5O5. The molecule has 0 saturated heterocycles. The van der Waals surface area contributed by atoms with E-state index in [0.717, 1.165) is 48.5 Å². The van der Waals surface area contributed by atoms with Gasteiger partial charge in [-0.05, 0) is 73.7 Å². The van der Waals surface area contributed by atoms with Gasteiger partial charge in [0.2, 0.25) is 0 Å². The van der Waals surface area contributed by atoms with Gasteiger partial charge in [0.15, 0.2) is 0 Å². The number of rotatable bonds is 7. The van der Waals surface area contributed by atoms with Crippen LogP contribution in [0.4, 0.5) is 53.0 Å². The molecule has 48 heavy (non-hydrogen) atoms. The van der Waals surface area contributed by atoms with Gasteiger partial charge in [-0.25, -0.2) is 9.59 Å². The Bertz CT molecular complexity index is 1620.